The summed E-state index contributed by atoms with van der Waals surface area (Å²) in [6, 6.07) is 8.46. The van der Waals surface area contributed by atoms with Gasteiger partial charge in [-0.3, -0.25) is 4.79 Å². The van der Waals surface area contributed by atoms with Crippen molar-refractivity contribution in [1.29, 1.82) is 0 Å². The van der Waals surface area contributed by atoms with Crippen molar-refractivity contribution in [1.82, 2.24) is 0 Å². The van der Waals surface area contributed by atoms with Gasteiger partial charge in [-0.15, -0.1) is 0 Å². The highest BCUT2D eigenvalue weighted by Gasteiger charge is 2.16. The van der Waals surface area contributed by atoms with E-state index in [0.717, 1.165) is 6.42 Å². The summed E-state index contributed by atoms with van der Waals surface area (Å²) < 4.78 is 4.95. The van der Waals surface area contributed by atoms with Gasteiger partial charge < -0.3 is 4.74 Å². The molecule has 0 aliphatic carbocycles. The Bertz CT molecular complexity index is 435. The van der Waals surface area contributed by atoms with Crippen LogP contribution in [0.4, 0.5) is 0 Å². The lowest BCUT2D eigenvalue weighted by Crippen LogP contribution is -2.17. The van der Waals surface area contributed by atoms with Gasteiger partial charge in [0.05, 0.1) is 6.61 Å². The van der Waals surface area contributed by atoms with E-state index in [1.54, 1.807) is 30.3 Å². The Hall–Kier alpha value is -1.90. The molecule has 0 saturated heterocycles. The maximum absolute atomic E-state index is 11.7. The lowest BCUT2D eigenvalue weighted by atomic mass is 10.1. The van der Waals surface area contributed by atoms with Crippen LogP contribution in [0.1, 0.15) is 49.4 Å². The van der Waals surface area contributed by atoms with E-state index >= 15 is 0 Å². The summed E-state index contributed by atoms with van der Waals surface area (Å²) in [4.78, 5) is 23.2. The number of hydrogen-bond acceptors (Lipinski definition) is 3. The van der Waals surface area contributed by atoms with Crippen molar-refractivity contribution in [3.05, 3.63) is 48.0 Å². The molecule has 0 aromatic heterocycles. The molecule has 0 aliphatic heterocycles. The molecule has 0 aliphatic rings. The second kappa shape index (κ2) is 9.96. The van der Waals surface area contributed by atoms with Crippen LogP contribution in [0.15, 0.2) is 42.5 Å². The molecule has 0 heterocycles. The highest BCUT2D eigenvalue weighted by atomic mass is 16.5. The van der Waals surface area contributed by atoms with Gasteiger partial charge in [0, 0.05) is 5.56 Å². The van der Waals surface area contributed by atoms with Gasteiger partial charge in [0.25, 0.3) is 5.78 Å². The van der Waals surface area contributed by atoms with Crippen LogP contribution in [0, 0.1) is 0 Å². The van der Waals surface area contributed by atoms with Crippen LogP contribution >= 0.6 is 0 Å². The molecule has 3 heteroatoms. The molecule has 1 aromatic rings. The van der Waals surface area contributed by atoms with Crippen molar-refractivity contribution in [3.63, 3.8) is 0 Å². The smallest absolute Gasteiger partial charge is 0.379 e. The normalized spacial score (nSPS) is 10.7. The second-order valence-electron chi connectivity index (χ2n) is 4.59. The molecule has 0 spiro atoms. The van der Waals surface area contributed by atoms with Gasteiger partial charge in [-0.1, -0.05) is 62.2 Å². The first-order valence-electron chi connectivity index (χ1n) is 7.17. The first kappa shape index (κ1) is 16.2. The summed E-state index contributed by atoms with van der Waals surface area (Å²) in [5.74, 6) is -1.37. The van der Waals surface area contributed by atoms with Gasteiger partial charge in [0.2, 0.25) is 0 Å². The SMILES string of the molecule is CCCCCC=CCCOC(=O)C(=O)c1ccccc1. The first-order chi connectivity index (χ1) is 9.75. The van der Waals surface area contributed by atoms with E-state index in [9.17, 15) is 9.59 Å². The summed E-state index contributed by atoms with van der Waals surface area (Å²) in [5.41, 5.74) is 0.368. The predicted molar refractivity (Wildman–Crippen MR) is 79.6 cm³/mol. The van der Waals surface area contributed by atoms with E-state index in [-0.39, 0.29) is 6.61 Å². The van der Waals surface area contributed by atoms with Crippen molar-refractivity contribution in [3.8, 4) is 0 Å². The number of rotatable bonds is 9. The van der Waals surface area contributed by atoms with E-state index in [4.69, 9.17) is 4.74 Å². The maximum Gasteiger partial charge on any atom is 0.379 e. The quantitative estimate of drug-likeness (QED) is 0.225. The minimum atomic E-state index is -0.782. The number of ether oxygens (including phenoxy) is 1. The number of allylic oxidation sites excluding steroid dienone is 1. The molecule has 1 aromatic carbocycles. The molecule has 1 rings (SSSR count). The molecule has 0 unspecified atom stereocenters. The molecule has 0 radical (unpaired) electrons. The van der Waals surface area contributed by atoms with E-state index in [0.29, 0.717) is 12.0 Å². The van der Waals surface area contributed by atoms with E-state index < -0.39 is 11.8 Å². The first-order valence-corrected chi connectivity index (χ1v) is 7.17. The monoisotopic (exact) mass is 274 g/mol. The summed E-state index contributed by atoms with van der Waals surface area (Å²) >= 11 is 0. The third-order valence-electron chi connectivity index (χ3n) is 2.88. The largest absolute Gasteiger partial charge is 0.459 e. The van der Waals surface area contributed by atoms with Gasteiger partial charge in [0.1, 0.15) is 0 Å². The van der Waals surface area contributed by atoms with E-state index in [1.165, 1.54) is 19.3 Å². The van der Waals surface area contributed by atoms with Crippen LogP contribution in [0.2, 0.25) is 0 Å². The molecule has 0 N–H and O–H groups in total. The molecule has 3 nitrogen and oxygen atoms in total. The third-order valence-corrected chi connectivity index (χ3v) is 2.88. The fraction of sp³-hybridized carbons (Fsp3) is 0.412. The number of benzene rings is 1. The molecule has 0 saturated carbocycles. The highest BCUT2D eigenvalue weighted by molar-refractivity contribution is 6.40. The average Bonchev–Trinajstić information content (AvgIpc) is 2.50. The summed E-state index contributed by atoms with van der Waals surface area (Å²) in [6.07, 6.45) is 9.46. The number of unbranched alkanes of at least 4 members (excludes halogenated alkanes) is 3. The Morgan fingerprint density at radius 1 is 1.05 bits per heavy atom. The zero-order chi connectivity index (χ0) is 14.6. The number of carbonyl (C=O) groups excluding carboxylic acids is 2. The molecule has 0 fully saturated rings. The Balaban J connectivity index is 2.19. The van der Waals surface area contributed by atoms with Crippen LogP contribution in [0.5, 0.6) is 0 Å². The zero-order valence-corrected chi connectivity index (χ0v) is 12.0. The molecular weight excluding hydrogens is 252 g/mol. The standard InChI is InChI=1S/C17H22O3/c1-2-3-4-5-6-7-11-14-20-17(19)16(18)15-12-9-8-10-13-15/h6-10,12-13H,2-5,11,14H2,1H3. The van der Waals surface area contributed by atoms with Crippen molar-refractivity contribution in [2.75, 3.05) is 6.61 Å². The predicted octanol–water partition coefficient (Wildman–Crippen LogP) is 3.94. The van der Waals surface area contributed by atoms with E-state index in [1.807, 2.05) is 6.08 Å². The number of esters is 1. The molecule has 0 atom stereocenters. The number of carbonyl (C=O) groups is 2. The van der Waals surface area contributed by atoms with Crippen molar-refractivity contribution >= 4 is 11.8 Å². The molecule has 0 bridgehead atoms. The fourth-order valence-corrected chi connectivity index (χ4v) is 1.74. The van der Waals surface area contributed by atoms with Gasteiger partial charge in [0.15, 0.2) is 0 Å². The van der Waals surface area contributed by atoms with Crippen LogP contribution in [-0.2, 0) is 9.53 Å². The third kappa shape index (κ3) is 6.32. The van der Waals surface area contributed by atoms with Gasteiger partial charge in [-0.2, -0.15) is 0 Å². The highest BCUT2D eigenvalue weighted by Crippen LogP contribution is 2.03. The van der Waals surface area contributed by atoms with Gasteiger partial charge >= 0.3 is 5.97 Å². The number of hydrogen-bond donors (Lipinski definition) is 0. The van der Waals surface area contributed by atoms with Crippen molar-refractivity contribution in [2.24, 2.45) is 0 Å². The van der Waals surface area contributed by atoms with Gasteiger partial charge in [-0.25, -0.2) is 4.79 Å². The Morgan fingerprint density at radius 2 is 1.75 bits per heavy atom. The molecule has 108 valence electrons. The Kier molecular flexibility index (Phi) is 8.04. The lowest BCUT2D eigenvalue weighted by Gasteiger charge is -2.02. The molecule has 0 amide bonds. The summed E-state index contributed by atoms with van der Waals surface area (Å²) in [5, 5.41) is 0. The van der Waals surface area contributed by atoms with Crippen LogP contribution in [0.3, 0.4) is 0 Å². The fourth-order valence-electron chi connectivity index (χ4n) is 1.74. The summed E-state index contributed by atoms with van der Waals surface area (Å²) in [7, 11) is 0. The van der Waals surface area contributed by atoms with Crippen molar-refractivity contribution < 1.29 is 14.3 Å². The molecular formula is C17H22O3. The van der Waals surface area contributed by atoms with Crippen molar-refractivity contribution in [2.45, 2.75) is 39.0 Å². The zero-order valence-electron chi connectivity index (χ0n) is 12.0. The van der Waals surface area contributed by atoms with Gasteiger partial charge in [-0.05, 0) is 19.3 Å². The minimum Gasteiger partial charge on any atom is -0.459 e. The molecule has 20 heavy (non-hydrogen) atoms. The average molecular weight is 274 g/mol. The maximum atomic E-state index is 11.7. The topological polar surface area (TPSA) is 43.4 Å². The lowest BCUT2D eigenvalue weighted by molar-refractivity contribution is -0.137. The number of Topliss-reactive ketones (excluding diaryl/α,β-unsaturated/α-hetero) is 1. The number of ketones is 1. The van der Waals surface area contributed by atoms with Crippen LogP contribution in [0.25, 0.3) is 0 Å². The van der Waals surface area contributed by atoms with Crippen LogP contribution < -0.4 is 0 Å². The van der Waals surface area contributed by atoms with Crippen LogP contribution in [-0.4, -0.2) is 18.4 Å². The Morgan fingerprint density at radius 3 is 2.45 bits per heavy atom. The minimum absolute atomic E-state index is 0.252. The Labute approximate surface area is 120 Å². The summed E-state index contributed by atoms with van der Waals surface area (Å²) in [6.45, 7) is 2.43. The van der Waals surface area contributed by atoms with E-state index in [2.05, 4.69) is 13.0 Å². The second-order valence-corrected chi connectivity index (χ2v) is 4.59.